The molecule has 1 saturated carbocycles. The predicted molar refractivity (Wildman–Crippen MR) is 51.8 cm³/mol. The van der Waals surface area contributed by atoms with Gasteiger partial charge in [-0.25, -0.2) is 5.06 Å². The van der Waals surface area contributed by atoms with Crippen molar-refractivity contribution < 1.29 is 19.1 Å². The molecule has 0 aromatic carbocycles. The SMILES string of the molecule is CON(C)C(=O)CC1CC2(C1)OCCO2. The van der Waals surface area contributed by atoms with Crippen molar-refractivity contribution in [1.82, 2.24) is 5.06 Å². The van der Waals surface area contributed by atoms with Crippen LogP contribution in [0.15, 0.2) is 0 Å². The van der Waals surface area contributed by atoms with Crippen molar-refractivity contribution in [3.05, 3.63) is 0 Å². The molecule has 5 heteroatoms. The Hall–Kier alpha value is -0.650. The molecule has 86 valence electrons. The Morgan fingerprint density at radius 3 is 2.60 bits per heavy atom. The van der Waals surface area contributed by atoms with E-state index in [4.69, 9.17) is 14.3 Å². The zero-order valence-corrected chi connectivity index (χ0v) is 9.19. The van der Waals surface area contributed by atoms with E-state index < -0.39 is 0 Å². The van der Waals surface area contributed by atoms with Crippen LogP contribution in [0.4, 0.5) is 0 Å². The van der Waals surface area contributed by atoms with Gasteiger partial charge in [0.15, 0.2) is 5.79 Å². The first-order chi connectivity index (χ1) is 7.15. The summed E-state index contributed by atoms with van der Waals surface area (Å²) >= 11 is 0. The molecule has 2 rings (SSSR count). The molecule has 1 spiro atoms. The lowest BCUT2D eigenvalue weighted by Crippen LogP contribution is -2.46. The summed E-state index contributed by atoms with van der Waals surface area (Å²) in [5, 5.41) is 1.27. The molecule has 1 amide bonds. The Bertz CT molecular complexity index is 242. The van der Waals surface area contributed by atoms with Crippen LogP contribution in [-0.4, -0.2) is 44.1 Å². The highest BCUT2D eigenvalue weighted by Crippen LogP contribution is 2.45. The van der Waals surface area contributed by atoms with Gasteiger partial charge in [0.2, 0.25) is 5.91 Å². The molecular weight excluding hydrogens is 198 g/mol. The topological polar surface area (TPSA) is 48.0 Å². The highest BCUT2D eigenvalue weighted by molar-refractivity contribution is 5.75. The molecule has 1 aliphatic carbocycles. The van der Waals surface area contributed by atoms with Crippen LogP contribution in [0.2, 0.25) is 0 Å². The number of nitrogens with zero attached hydrogens (tertiary/aromatic N) is 1. The fraction of sp³-hybridized carbons (Fsp3) is 0.900. The van der Waals surface area contributed by atoms with Crippen LogP contribution in [0, 0.1) is 5.92 Å². The van der Waals surface area contributed by atoms with Gasteiger partial charge in [0, 0.05) is 26.3 Å². The molecule has 0 atom stereocenters. The average molecular weight is 215 g/mol. The Kier molecular flexibility index (Phi) is 2.95. The van der Waals surface area contributed by atoms with Crippen molar-refractivity contribution in [2.45, 2.75) is 25.0 Å². The molecule has 0 aromatic rings. The Morgan fingerprint density at radius 1 is 1.47 bits per heavy atom. The fourth-order valence-electron chi connectivity index (χ4n) is 2.17. The van der Waals surface area contributed by atoms with E-state index in [1.54, 1.807) is 7.05 Å². The van der Waals surface area contributed by atoms with Crippen molar-refractivity contribution in [1.29, 1.82) is 0 Å². The van der Waals surface area contributed by atoms with Gasteiger partial charge in [0.05, 0.1) is 20.3 Å². The molecule has 0 N–H and O–H groups in total. The smallest absolute Gasteiger partial charge is 0.246 e. The van der Waals surface area contributed by atoms with E-state index in [2.05, 4.69) is 0 Å². The van der Waals surface area contributed by atoms with Crippen LogP contribution >= 0.6 is 0 Å². The van der Waals surface area contributed by atoms with Crippen molar-refractivity contribution in [3.8, 4) is 0 Å². The van der Waals surface area contributed by atoms with E-state index in [1.807, 2.05) is 0 Å². The van der Waals surface area contributed by atoms with E-state index in [9.17, 15) is 4.79 Å². The largest absolute Gasteiger partial charge is 0.348 e. The standard InChI is InChI=1S/C10H17NO4/c1-11(13-2)9(12)5-8-6-10(7-8)14-3-4-15-10/h8H,3-7H2,1-2H3. The van der Waals surface area contributed by atoms with Gasteiger partial charge in [-0.15, -0.1) is 0 Å². The third-order valence-corrected chi connectivity index (χ3v) is 3.10. The zero-order chi connectivity index (χ0) is 10.9. The quantitative estimate of drug-likeness (QED) is 0.645. The van der Waals surface area contributed by atoms with E-state index >= 15 is 0 Å². The summed E-state index contributed by atoms with van der Waals surface area (Å²) in [7, 11) is 3.11. The van der Waals surface area contributed by atoms with Crippen LogP contribution < -0.4 is 0 Å². The number of carbonyl (C=O) groups excluding carboxylic acids is 1. The number of carbonyl (C=O) groups is 1. The summed E-state index contributed by atoms with van der Waals surface area (Å²) in [6.07, 6.45) is 2.17. The minimum Gasteiger partial charge on any atom is -0.348 e. The first kappa shape index (κ1) is 10.9. The van der Waals surface area contributed by atoms with E-state index in [0.717, 1.165) is 12.8 Å². The fourth-order valence-corrected chi connectivity index (χ4v) is 2.17. The predicted octanol–water partition coefficient (Wildman–Crippen LogP) is 0.549. The molecule has 2 fully saturated rings. The number of amides is 1. The molecular formula is C10H17NO4. The summed E-state index contributed by atoms with van der Waals surface area (Å²) < 4.78 is 11.0. The van der Waals surface area contributed by atoms with Gasteiger partial charge in [0.1, 0.15) is 0 Å². The van der Waals surface area contributed by atoms with Crippen LogP contribution in [0.3, 0.4) is 0 Å². The number of hydrogen-bond acceptors (Lipinski definition) is 4. The first-order valence-electron chi connectivity index (χ1n) is 5.24. The van der Waals surface area contributed by atoms with Gasteiger partial charge >= 0.3 is 0 Å². The molecule has 15 heavy (non-hydrogen) atoms. The van der Waals surface area contributed by atoms with E-state index in [1.165, 1.54) is 12.2 Å². The summed E-state index contributed by atoms with van der Waals surface area (Å²) in [5.74, 6) is 0.0277. The van der Waals surface area contributed by atoms with Crippen molar-refractivity contribution in [3.63, 3.8) is 0 Å². The monoisotopic (exact) mass is 215 g/mol. The minimum atomic E-state index is -0.351. The average Bonchev–Trinajstić information content (AvgIpc) is 2.64. The third-order valence-electron chi connectivity index (χ3n) is 3.10. The van der Waals surface area contributed by atoms with Crippen LogP contribution in [0.25, 0.3) is 0 Å². The molecule has 1 aliphatic heterocycles. The van der Waals surface area contributed by atoms with Gasteiger partial charge < -0.3 is 9.47 Å². The second-order valence-electron chi connectivity index (χ2n) is 4.16. The summed E-state index contributed by atoms with van der Waals surface area (Å²) in [6, 6.07) is 0. The third kappa shape index (κ3) is 2.14. The molecule has 0 aromatic heterocycles. The van der Waals surface area contributed by atoms with E-state index in [0.29, 0.717) is 25.6 Å². The number of ether oxygens (including phenoxy) is 2. The molecule has 0 unspecified atom stereocenters. The minimum absolute atomic E-state index is 0.00958. The second-order valence-corrected chi connectivity index (χ2v) is 4.16. The van der Waals surface area contributed by atoms with Gasteiger partial charge in [-0.3, -0.25) is 9.63 Å². The first-order valence-corrected chi connectivity index (χ1v) is 5.24. The zero-order valence-electron chi connectivity index (χ0n) is 9.19. The van der Waals surface area contributed by atoms with Crippen molar-refractivity contribution in [2.75, 3.05) is 27.4 Å². The molecule has 1 saturated heterocycles. The maximum atomic E-state index is 11.5. The molecule has 0 radical (unpaired) electrons. The van der Waals surface area contributed by atoms with Crippen molar-refractivity contribution >= 4 is 5.91 Å². The van der Waals surface area contributed by atoms with Gasteiger partial charge in [-0.1, -0.05) is 0 Å². The number of rotatable bonds is 3. The highest BCUT2D eigenvalue weighted by atomic mass is 16.7. The lowest BCUT2D eigenvalue weighted by Gasteiger charge is -2.42. The Balaban J connectivity index is 1.73. The summed E-state index contributed by atoms with van der Waals surface area (Å²) in [6.45, 7) is 1.36. The van der Waals surface area contributed by atoms with E-state index in [-0.39, 0.29) is 11.7 Å². The summed E-state index contributed by atoms with van der Waals surface area (Å²) in [5.41, 5.74) is 0. The lowest BCUT2D eigenvalue weighted by atomic mass is 9.76. The lowest BCUT2D eigenvalue weighted by molar-refractivity contribution is -0.233. The Labute approximate surface area is 89.2 Å². The van der Waals surface area contributed by atoms with Gasteiger partial charge in [0.25, 0.3) is 0 Å². The maximum absolute atomic E-state index is 11.5. The van der Waals surface area contributed by atoms with Gasteiger partial charge in [-0.05, 0) is 5.92 Å². The van der Waals surface area contributed by atoms with Crippen LogP contribution in [-0.2, 0) is 19.1 Å². The Morgan fingerprint density at radius 2 is 2.07 bits per heavy atom. The highest BCUT2D eigenvalue weighted by Gasteiger charge is 2.49. The normalized spacial score (nSPS) is 24.1. The molecule has 0 bridgehead atoms. The van der Waals surface area contributed by atoms with Crippen LogP contribution in [0.5, 0.6) is 0 Å². The molecule has 1 heterocycles. The summed E-state index contributed by atoms with van der Waals surface area (Å²) in [4.78, 5) is 16.3. The van der Waals surface area contributed by atoms with Crippen molar-refractivity contribution in [2.24, 2.45) is 5.92 Å². The molecule has 2 aliphatic rings. The maximum Gasteiger partial charge on any atom is 0.246 e. The number of hydrogen-bond donors (Lipinski definition) is 0. The second kappa shape index (κ2) is 4.08. The van der Waals surface area contributed by atoms with Gasteiger partial charge in [-0.2, -0.15) is 0 Å². The molecule has 5 nitrogen and oxygen atoms in total. The number of hydroxylamine groups is 2. The van der Waals surface area contributed by atoms with Crippen LogP contribution in [0.1, 0.15) is 19.3 Å².